The zero-order valence-corrected chi connectivity index (χ0v) is 10.7. The van der Waals surface area contributed by atoms with Gasteiger partial charge in [0.15, 0.2) is 9.84 Å². The van der Waals surface area contributed by atoms with Gasteiger partial charge in [-0.05, 0) is 12.5 Å². The Labute approximate surface area is 105 Å². The second-order valence-electron chi connectivity index (χ2n) is 4.40. The Morgan fingerprint density at radius 2 is 2.22 bits per heavy atom. The number of carbonyl (C=O) groups excluding carboxylic acids is 1. The largest absolute Gasteiger partial charge is 0.506 e. The average Bonchev–Trinajstić information content (AvgIpc) is 2.68. The van der Waals surface area contributed by atoms with Gasteiger partial charge in [-0.3, -0.25) is 9.78 Å². The van der Waals surface area contributed by atoms with Crippen LogP contribution in [0.15, 0.2) is 18.5 Å². The second kappa shape index (κ2) is 4.56. The summed E-state index contributed by atoms with van der Waals surface area (Å²) in [6, 6.07) is 1.01. The number of nitrogens with zero attached hydrogens (tertiary/aromatic N) is 2. The molecule has 1 N–H and O–H groups in total. The minimum absolute atomic E-state index is 0.00147. The molecule has 2 rings (SSSR count). The van der Waals surface area contributed by atoms with Gasteiger partial charge in [0.05, 0.1) is 23.3 Å². The lowest BCUT2D eigenvalue weighted by Gasteiger charge is -2.23. The summed E-state index contributed by atoms with van der Waals surface area (Å²) in [6.45, 7) is 0. The van der Waals surface area contributed by atoms with Crippen molar-refractivity contribution in [3.05, 3.63) is 24.0 Å². The van der Waals surface area contributed by atoms with E-state index in [9.17, 15) is 18.3 Å². The van der Waals surface area contributed by atoms with E-state index in [2.05, 4.69) is 4.98 Å². The molecule has 1 aliphatic heterocycles. The lowest BCUT2D eigenvalue weighted by molar-refractivity contribution is 0.0747. The summed E-state index contributed by atoms with van der Waals surface area (Å²) in [6.07, 6.45) is 3.04. The first-order valence-corrected chi connectivity index (χ1v) is 7.33. The van der Waals surface area contributed by atoms with Gasteiger partial charge >= 0.3 is 0 Å². The second-order valence-corrected chi connectivity index (χ2v) is 6.63. The third-order valence-electron chi connectivity index (χ3n) is 3.05. The van der Waals surface area contributed by atoms with Crippen molar-refractivity contribution in [2.24, 2.45) is 0 Å². The average molecular weight is 270 g/mol. The molecule has 0 aromatic carbocycles. The van der Waals surface area contributed by atoms with E-state index in [1.54, 1.807) is 7.05 Å². The topological polar surface area (TPSA) is 87.6 Å². The molecule has 98 valence electrons. The molecule has 7 heteroatoms. The molecule has 0 bridgehead atoms. The highest BCUT2D eigenvalue weighted by Gasteiger charge is 2.33. The maximum Gasteiger partial charge on any atom is 0.255 e. The first-order chi connectivity index (χ1) is 8.39. The molecule has 0 saturated carbocycles. The Bertz CT molecular complexity index is 570. The summed E-state index contributed by atoms with van der Waals surface area (Å²) >= 11 is 0. The van der Waals surface area contributed by atoms with Crippen LogP contribution in [0.4, 0.5) is 0 Å². The number of amides is 1. The highest BCUT2D eigenvalue weighted by Crippen LogP contribution is 2.19. The first-order valence-electron chi connectivity index (χ1n) is 5.51. The predicted molar refractivity (Wildman–Crippen MR) is 65.1 cm³/mol. The molecular weight excluding hydrogens is 256 g/mol. The number of hydrogen-bond donors (Lipinski definition) is 1. The third-order valence-corrected chi connectivity index (χ3v) is 4.80. The summed E-state index contributed by atoms with van der Waals surface area (Å²) in [5.41, 5.74) is 0.252. The Morgan fingerprint density at radius 3 is 2.78 bits per heavy atom. The van der Waals surface area contributed by atoms with Crippen LogP contribution in [0.5, 0.6) is 5.75 Å². The van der Waals surface area contributed by atoms with Gasteiger partial charge in [0.2, 0.25) is 0 Å². The molecule has 6 nitrogen and oxygen atoms in total. The Morgan fingerprint density at radius 1 is 1.50 bits per heavy atom. The van der Waals surface area contributed by atoms with Crippen LogP contribution in [-0.4, -0.2) is 53.9 Å². The van der Waals surface area contributed by atoms with Crippen molar-refractivity contribution in [1.29, 1.82) is 0 Å². The van der Waals surface area contributed by atoms with E-state index in [1.165, 1.54) is 23.4 Å². The van der Waals surface area contributed by atoms with Crippen molar-refractivity contribution in [3.8, 4) is 5.75 Å². The lowest BCUT2D eigenvalue weighted by atomic mass is 10.2. The van der Waals surface area contributed by atoms with Crippen molar-refractivity contribution in [1.82, 2.24) is 9.88 Å². The van der Waals surface area contributed by atoms with Crippen LogP contribution in [0, 0.1) is 0 Å². The highest BCUT2D eigenvalue weighted by molar-refractivity contribution is 7.91. The third kappa shape index (κ3) is 2.61. The summed E-state index contributed by atoms with van der Waals surface area (Å²) in [7, 11) is -1.46. The van der Waals surface area contributed by atoms with E-state index in [4.69, 9.17) is 0 Å². The molecule has 1 atom stereocenters. The van der Waals surface area contributed by atoms with E-state index in [-0.39, 0.29) is 34.8 Å². The molecule has 1 aliphatic rings. The van der Waals surface area contributed by atoms with Crippen molar-refractivity contribution in [2.75, 3.05) is 18.6 Å². The molecule has 0 spiro atoms. The maximum absolute atomic E-state index is 12.1. The zero-order valence-electron chi connectivity index (χ0n) is 9.91. The van der Waals surface area contributed by atoms with E-state index < -0.39 is 9.84 Å². The normalized spacial score (nSPS) is 21.7. The molecule has 1 amide bonds. The van der Waals surface area contributed by atoms with Crippen LogP contribution >= 0.6 is 0 Å². The van der Waals surface area contributed by atoms with E-state index in [0.29, 0.717) is 6.42 Å². The number of sulfone groups is 1. The smallest absolute Gasteiger partial charge is 0.255 e. The Balaban J connectivity index is 2.15. The molecule has 2 heterocycles. The summed E-state index contributed by atoms with van der Waals surface area (Å²) in [5.74, 6) is -0.302. The Hall–Kier alpha value is -1.63. The van der Waals surface area contributed by atoms with Gasteiger partial charge < -0.3 is 10.0 Å². The monoisotopic (exact) mass is 270 g/mol. The standard InChI is InChI=1S/C11H14N2O4S/c1-13(9-2-3-18(16,17)7-9)11(15)8-4-10(14)6-12-5-8/h4-6,9,14H,2-3,7H2,1H3. The lowest BCUT2D eigenvalue weighted by Crippen LogP contribution is -2.37. The van der Waals surface area contributed by atoms with Crippen LogP contribution in [0.3, 0.4) is 0 Å². The van der Waals surface area contributed by atoms with Crippen molar-refractivity contribution >= 4 is 15.7 Å². The van der Waals surface area contributed by atoms with Gasteiger partial charge in [0.1, 0.15) is 5.75 Å². The summed E-state index contributed by atoms with van der Waals surface area (Å²) in [5, 5.41) is 9.26. The zero-order chi connectivity index (χ0) is 13.3. The molecular formula is C11H14N2O4S. The molecule has 1 aromatic rings. The van der Waals surface area contributed by atoms with Crippen LogP contribution in [0.1, 0.15) is 16.8 Å². The molecule has 18 heavy (non-hydrogen) atoms. The maximum atomic E-state index is 12.1. The van der Waals surface area contributed by atoms with Gasteiger partial charge in [0, 0.05) is 19.3 Å². The SMILES string of the molecule is CN(C(=O)c1cncc(O)c1)C1CCS(=O)(=O)C1. The first kappa shape index (κ1) is 12.8. The van der Waals surface area contributed by atoms with E-state index in [0.717, 1.165) is 0 Å². The minimum atomic E-state index is -3.02. The van der Waals surface area contributed by atoms with E-state index >= 15 is 0 Å². The van der Waals surface area contributed by atoms with Crippen molar-refractivity contribution < 1.29 is 18.3 Å². The minimum Gasteiger partial charge on any atom is -0.506 e. The van der Waals surface area contributed by atoms with Crippen molar-refractivity contribution in [3.63, 3.8) is 0 Å². The van der Waals surface area contributed by atoms with Crippen molar-refractivity contribution in [2.45, 2.75) is 12.5 Å². The van der Waals surface area contributed by atoms with Gasteiger partial charge in [0.25, 0.3) is 5.91 Å². The molecule has 1 unspecified atom stereocenters. The Kier molecular flexibility index (Phi) is 3.25. The van der Waals surface area contributed by atoms with Crippen LogP contribution in [-0.2, 0) is 9.84 Å². The van der Waals surface area contributed by atoms with Crippen LogP contribution in [0.2, 0.25) is 0 Å². The quantitative estimate of drug-likeness (QED) is 0.820. The fourth-order valence-corrected chi connectivity index (χ4v) is 3.77. The predicted octanol–water partition coefficient (Wildman–Crippen LogP) is 0.0463. The number of pyridine rings is 1. The summed E-state index contributed by atoms with van der Waals surface area (Å²) < 4.78 is 22.7. The molecule has 1 aromatic heterocycles. The van der Waals surface area contributed by atoms with Gasteiger partial charge in [-0.25, -0.2) is 8.42 Å². The summed E-state index contributed by atoms with van der Waals surface area (Å²) in [4.78, 5) is 17.2. The fraction of sp³-hybridized carbons (Fsp3) is 0.455. The number of carbonyl (C=O) groups is 1. The number of aromatic hydroxyl groups is 1. The van der Waals surface area contributed by atoms with Gasteiger partial charge in [-0.15, -0.1) is 0 Å². The van der Waals surface area contributed by atoms with E-state index in [1.807, 2.05) is 0 Å². The fourth-order valence-electron chi connectivity index (χ4n) is 2.00. The van der Waals surface area contributed by atoms with Crippen LogP contribution < -0.4 is 0 Å². The van der Waals surface area contributed by atoms with Crippen LogP contribution in [0.25, 0.3) is 0 Å². The molecule has 0 radical (unpaired) electrons. The number of hydrogen-bond acceptors (Lipinski definition) is 5. The number of aromatic nitrogens is 1. The molecule has 0 aliphatic carbocycles. The molecule has 1 fully saturated rings. The highest BCUT2D eigenvalue weighted by atomic mass is 32.2. The number of rotatable bonds is 2. The van der Waals surface area contributed by atoms with Gasteiger partial charge in [-0.1, -0.05) is 0 Å². The van der Waals surface area contributed by atoms with Gasteiger partial charge in [-0.2, -0.15) is 0 Å². The molecule has 1 saturated heterocycles.